The van der Waals surface area contributed by atoms with Gasteiger partial charge in [-0.05, 0) is 6.92 Å². The molecule has 0 aliphatic carbocycles. The summed E-state index contributed by atoms with van der Waals surface area (Å²) >= 11 is 0. The molecule has 3 rings (SSSR count). The van der Waals surface area contributed by atoms with Gasteiger partial charge in [-0.2, -0.15) is 0 Å². The minimum atomic E-state index is -4.08. The summed E-state index contributed by atoms with van der Waals surface area (Å²) in [4.78, 5) is 9.36. The SMILES string of the molecule is COC1C(OC2C(O)C(CO)OC(OC3C(O)C(C)OC(OC(C(O)CO)C(O)COP(C)(=O)O)C3O)C2O)OC(CO)C(O)C1O. The standard InChI is InChI=1S/C25H47O21P/c1-8-13(31)20(17(35)23(41-8)44-19(9(29)4-26)10(30)7-40-47(3,37)38)45-24-18(36)21(15(33)12(6-28)42-24)46-25-22(39-2)16(34)14(32)11(5-27)43-25/h8-36H,4-7H2,1-3H3,(H,37,38). The van der Waals surface area contributed by atoms with Crippen molar-refractivity contribution in [2.45, 2.75) is 117 Å². The second-order valence-corrected chi connectivity index (χ2v) is 13.4. The number of aliphatic hydroxyl groups is 11. The van der Waals surface area contributed by atoms with Crippen molar-refractivity contribution in [2.75, 3.05) is 40.2 Å². The van der Waals surface area contributed by atoms with E-state index in [0.29, 0.717) is 0 Å². The highest BCUT2D eigenvalue weighted by Gasteiger charge is 2.54. The van der Waals surface area contributed by atoms with Crippen LogP contribution in [0, 0.1) is 0 Å². The first kappa shape index (κ1) is 40.9. The highest BCUT2D eigenvalue weighted by Crippen LogP contribution is 2.37. The lowest BCUT2D eigenvalue weighted by molar-refractivity contribution is -0.383. The van der Waals surface area contributed by atoms with Crippen LogP contribution in [0.3, 0.4) is 0 Å². The van der Waals surface area contributed by atoms with Crippen molar-refractivity contribution in [3.63, 3.8) is 0 Å². The fourth-order valence-electron chi connectivity index (χ4n) is 5.33. The maximum absolute atomic E-state index is 11.5. The Balaban J connectivity index is 1.81. The Hall–Kier alpha value is -0.570. The van der Waals surface area contributed by atoms with Gasteiger partial charge in [0.2, 0.25) is 0 Å². The third-order valence-electron chi connectivity index (χ3n) is 8.00. The molecule has 3 fully saturated rings. The van der Waals surface area contributed by atoms with E-state index >= 15 is 0 Å². The molecular formula is C25H47O21P. The molecule has 22 heteroatoms. The lowest BCUT2D eigenvalue weighted by Gasteiger charge is -2.48. The first-order valence-electron chi connectivity index (χ1n) is 14.7. The van der Waals surface area contributed by atoms with Crippen molar-refractivity contribution in [2.24, 2.45) is 0 Å². The predicted octanol–water partition coefficient (Wildman–Crippen LogP) is -6.95. The summed E-state index contributed by atoms with van der Waals surface area (Å²) in [5, 5.41) is 114. The molecule has 0 spiro atoms. The fraction of sp³-hybridized carbons (Fsp3) is 1.00. The zero-order valence-corrected chi connectivity index (χ0v) is 26.6. The number of ether oxygens (including phenoxy) is 7. The van der Waals surface area contributed by atoms with Crippen LogP contribution in [0.5, 0.6) is 0 Å². The van der Waals surface area contributed by atoms with E-state index in [1.54, 1.807) is 0 Å². The first-order chi connectivity index (χ1) is 22.0. The van der Waals surface area contributed by atoms with Gasteiger partial charge < -0.3 is 98.7 Å². The van der Waals surface area contributed by atoms with E-state index in [-0.39, 0.29) is 0 Å². The zero-order chi connectivity index (χ0) is 35.4. The summed E-state index contributed by atoms with van der Waals surface area (Å²) in [7, 11) is -2.93. The van der Waals surface area contributed by atoms with E-state index in [4.69, 9.17) is 33.2 Å². The van der Waals surface area contributed by atoms with Crippen molar-refractivity contribution in [1.82, 2.24) is 0 Å². The average Bonchev–Trinajstić information content (AvgIpc) is 3.02. The summed E-state index contributed by atoms with van der Waals surface area (Å²) in [6.07, 6.45) is -30.2. The Morgan fingerprint density at radius 3 is 1.79 bits per heavy atom. The zero-order valence-electron chi connectivity index (χ0n) is 25.7. The van der Waals surface area contributed by atoms with Crippen LogP contribution < -0.4 is 0 Å². The predicted molar refractivity (Wildman–Crippen MR) is 148 cm³/mol. The summed E-state index contributed by atoms with van der Waals surface area (Å²) in [5.41, 5.74) is 0. The second kappa shape index (κ2) is 17.6. The molecule has 0 saturated carbocycles. The topological polar surface area (TPSA) is 334 Å². The minimum Gasteiger partial charge on any atom is -0.394 e. The van der Waals surface area contributed by atoms with Crippen LogP contribution in [0.2, 0.25) is 0 Å². The van der Waals surface area contributed by atoms with E-state index < -0.39 is 144 Å². The number of rotatable bonds is 15. The smallest absolute Gasteiger partial charge is 0.325 e. The molecule has 0 aromatic carbocycles. The maximum atomic E-state index is 11.5. The highest BCUT2D eigenvalue weighted by molar-refractivity contribution is 7.51. The molecule has 19 unspecified atom stereocenters. The summed E-state index contributed by atoms with van der Waals surface area (Å²) in [6.45, 7) is -1.25. The second-order valence-electron chi connectivity index (χ2n) is 11.5. The third-order valence-corrected chi connectivity index (χ3v) is 8.63. The first-order valence-corrected chi connectivity index (χ1v) is 16.7. The highest BCUT2D eigenvalue weighted by atomic mass is 31.2. The van der Waals surface area contributed by atoms with Crippen molar-refractivity contribution in [1.29, 1.82) is 0 Å². The summed E-state index contributed by atoms with van der Waals surface area (Å²) in [6, 6.07) is 0. The largest absolute Gasteiger partial charge is 0.394 e. The Kier molecular flexibility index (Phi) is 15.3. The van der Waals surface area contributed by atoms with Gasteiger partial charge in [-0.15, -0.1) is 0 Å². The molecule has 47 heavy (non-hydrogen) atoms. The number of hydrogen-bond acceptors (Lipinski definition) is 20. The Morgan fingerprint density at radius 1 is 0.702 bits per heavy atom. The van der Waals surface area contributed by atoms with Crippen molar-refractivity contribution in [3.8, 4) is 0 Å². The monoisotopic (exact) mass is 714 g/mol. The summed E-state index contributed by atoms with van der Waals surface area (Å²) < 4.78 is 54.7. The van der Waals surface area contributed by atoms with Crippen LogP contribution in [0.15, 0.2) is 0 Å². The third kappa shape index (κ3) is 9.82. The normalized spacial score (nSPS) is 44.8. The Morgan fingerprint density at radius 2 is 1.23 bits per heavy atom. The molecule has 21 nitrogen and oxygen atoms in total. The van der Waals surface area contributed by atoms with Gasteiger partial charge in [0.05, 0.1) is 32.5 Å². The Bertz CT molecular complexity index is 990. The molecule has 3 aliphatic rings. The van der Waals surface area contributed by atoms with E-state index in [1.807, 2.05) is 0 Å². The van der Waals surface area contributed by atoms with E-state index in [0.717, 1.165) is 13.8 Å². The van der Waals surface area contributed by atoms with Gasteiger partial charge in [-0.3, -0.25) is 4.57 Å². The molecule has 278 valence electrons. The number of aliphatic hydroxyl groups excluding tert-OH is 11. The molecule has 0 amide bonds. The van der Waals surface area contributed by atoms with E-state index in [2.05, 4.69) is 4.52 Å². The Labute approximate surface area is 268 Å². The van der Waals surface area contributed by atoms with Crippen molar-refractivity contribution < 1.29 is 103 Å². The van der Waals surface area contributed by atoms with Gasteiger partial charge >= 0.3 is 7.60 Å². The van der Waals surface area contributed by atoms with Gasteiger partial charge in [-0.25, -0.2) is 0 Å². The fourth-order valence-corrected chi connectivity index (χ4v) is 5.76. The molecule has 3 aliphatic heterocycles. The van der Waals surface area contributed by atoms with E-state index in [9.17, 15) is 65.6 Å². The van der Waals surface area contributed by atoms with Crippen LogP contribution in [0.25, 0.3) is 0 Å². The average molecular weight is 715 g/mol. The van der Waals surface area contributed by atoms with Gasteiger partial charge in [-0.1, -0.05) is 0 Å². The van der Waals surface area contributed by atoms with Crippen LogP contribution in [0.4, 0.5) is 0 Å². The van der Waals surface area contributed by atoms with Crippen LogP contribution in [-0.4, -0.2) is 212 Å². The van der Waals surface area contributed by atoms with Crippen LogP contribution >= 0.6 is 7.60 Å². The van der Waals surface area contributed by atoms with Crippen molar-refractivity contribution in [3.05, 3.63) is 0 Å². The molecule has 3 heterocycles. The molecular weight excluding hydrogens is 667 g/mol. The van der Waals surface area contributed by atoms with E-state index in [1.165, 1.54) is 6.92 Å². The maximum Gasteiger partial charge on any atom is 0.325 e. The van der Waals surface area contributed by atoms with Gasteiger partial charge in [0.1, 0.15) is 85.5 Å². The lowest BCUT2D eigenvalue weighted by atomic mass is 9.96. The van der Waals surface area contributed by atoms with Crippen molar-refractivity contribution >= 4 is 7.60 Å². The number of hydrogen-bond donors (Lipinski definition) is 12. The van der Waals surface area contributed by atoms with Crippen LogP contribution in [-0.2, 0) is 42.2 Å². The lowest BCUT2D eigenvalue weighted by Crippen LogP contribution is -2.67. The molecule has 0 aromatic heterocycles. The van der Waals surface area contributed by atoms with Crippen LogP contribution in [0.1, 0.15) is 6.92 Å². The minimum absolute atomic E-state index is 0.750. The summed E-state index contributed by atoms with van der Waals surface area (Å²) in [5.74, 6) is 0. The van der Waals surface area contributed by atoms with Gasteiger partial charge in [0.15, 0.2) is 18.9 Å². The van der Waals surface area contributed by atoms with Gasteiger partial charge in [0.25, 0.3) is 0 Å². The molecule has 19 atom stereocenters. The molecule has 0 radical (unpaired) electrons. The molecule has 3 saturated heterocycles. The quantitative estimate of drug-likeness (QED) is 0.0701. The molecule has 0 bridgehead atoms. The molecule has 12 N–H and O–H groups in total. The van der Waals surface area contributed by atoms with Gasteiger partial charge in [0, 0.05) is 13.8 Å². The molecule has 0 aromatic rings. The number of methoxy groups -OCH3 is 1.